The van der Waals surface area contributed by atoms with Gasteiger partial charge in [0, 0.05) is 49.7 Å². The molecule has 1 aromatic carbocycles. The van der Waals surface area contributed by atoms with Crippen LogP contribution in [0.2, 0.25) is 0 Å². The maximum absolute atomic E-state index is 10.4. The molecule has 0 bridgehead atoms. The van der Waals surface area contributed by atoms with Crippen molar-refractivity contribution in [2.45, 2.75) is 32.6 Å². The minimum absolute atomic E-state index is 0.0406. The van der Waals surface area contributed by atoms with Gasteiger partial charge in [-0.1, -0.05) is 6.07 Å². The van der Waals surface area contributed by atoms with E-state index < -0.39 is 0 Å². The van der Waals surface area contributed by atoms with Crippen molar-refractivity contribution in [3.05, 3.63) is 53.6 Å². The Bertz CT molecular complexity index is 681. The van der Waals surface area contributed by atoms with E-state index in [0.717, 1.165) is 42.1 Å². The lowest BCUT2D eigenvalue weighted by atomic mass is 10.0. The lowest BCUT2D eigenvalue weighted by Gasteiger charge is -2.17. The number of aliphatic hydroxyl groups excluding tert-OH is 2. The molecule has 6 nitrogen and oxygen atoms in total. The summed E-state index contributed by atoms with van der Waals surface area (Å²) in [5.41, 5.74) is 2.83. The molecule has 6 heteroatoms. The number of ether oxygens (including phenoxy) is 1. The molecular weight excluding hydrogens is 318 g/mol. The van der Waals surface area contributed by atoms with Crippen molar-refractivity contribution in [2.75, 3.05) is 19.7 Å². The predicted molar refractivity (Wildman–Crippen MR) is 94.0 cm³/mol. The summed E-state index contributed by atoms with van der Waals surface area (Å²) in [4.78, 5) is 10.6. The highest BCUT2D eigenvalue weighted by Crippen LogP contribution is 2.25. The molecule has 1 aromatic heterocycles. The molecule has 2 N–H and O–H groups in total. The van der Waals surface area contributed by atoms with Crippen LogP contribution in [0.3, 0.4) is 0 Å². The van der Waals surface area contributed by atoms with Gasteiger partial charge in [0.1, 0.15) is 5.75 Å². The third kappa shape index (κ3) is 4.54. The molecule has 134 valence electrons. The van der Waals surface area contributed by atoms with E-state index in [9.17, 15) is 10.2 Å². The summed E-state index contributed by atoms with van der Waals surface area (Å²) in [6.45, 7) is 4.67. The van der Waals surface area contributed by atoms with Crippen LogP contribution in [0.5, 0.6) is 5.75 Å². The summed E-state index contributed by atoms with van der Waals surface area (Å²) in [5, 5.41) is 19.9. The molecule has 1 aliphatic rings. The van der Waals surface area contributed by atoms with E-state index in [-0.39, 0.29) is 18.6 Å². The first-order valence-electron chi connectivity index (χ1n) is 8.70. The molecule has 0 radical (unpaired) electrons. The van der Waals surface area contributed by atoms with E-state index in [0.29, 0.717) is 13.2 Å². The van der Waals surface area contributed by atoms with E-state index in [1.165, 1.54) is 0 Å². The molecule has 0 aliphatic carbocycles. The van der Waals surface area contributed by atoms with Gasteiger partial charge in [0.25, 0.3) is 0 Å². The molecule has 1 saturated heterocycles. The molecule has 0 unspecified atom stereocenters. The van der Waals surface area contributed by atoms with Crippen LogP contribution in [-0.4, -0.2) is 50.9 Å². The molecular formula is C19H25N3O3. The smallest absolute Gasteiger partial charge is 0.124 e. The molecule has 0 saturated carbocycles. The Balaban J connectivity index is 1.62. The molecule has 0 amide bonds. The maximum Gasteiger partial charge on any atom is 0.124 e. The first kappa shape index (κ1) is 17.8. The number of aliphatic hydroxyl groups is 2. The van der Waals surface area contributed by atoms with E-state index >= 15 is 0 Å². The van der Waals surface area contributed by atoms with Gasteiger partial charge in [0.2, 0.25) is 0 Å². The highest BCUT2D eigenvalue weighted by Gasteiger charge is 2.31. The fourth-order valence-corrected chi connectivity index (χ4v) is 3.38. The molecule has 0 spiro atoms. The van der Waals surface area contributed by atoms with Crippen molar-refractivity contribution < 1.29 is 14.9 Å². The Hall–Kier alpha value is -2.02. The average Bonchev–Trinajstić information content (AvgIpc) is 2.96. The lowest BCUT2D eigenvalue weighted by Crippen LogP contribution is -2.21. The van der Waals surface area contributed by atoms with Gasteiger partial charge in [-0.3, -0.25) is 14.9 Å². The summed E-state index contributed by atoms with van der Waals surface area (Å²) >= 11 is 0. The van der Waals surface area contributed by atoms with Crippen LogP contribution in [0, 0.1) is 5.92 Å². The summed E-state index contributed by atoms with van der Waals surface area (Å²) in [6.07, 6.45) is 5.48. The summed E-state index contributed by atoms with van der Waals surface area (Å²) in [5.74, 6) is 0.896. The number of hydrogen-bond acceptors (Lipinski definition) is 6. The minimum Gasteiger partial charge on any atom is -0.494 e. The zero-order valence-electron chi connectivity index (χ0n) is 14.5. The van der Waals surface area contributed by atoms with Gasteiger partial charge < -0.3 is 14.9 Å². The number of β-amino-alcohol motifs (C(OH)–C–C–N with tert-alkyl or cyclic N) is 1. The quantitative estimate of drug-likeness (QED) is 0.791. The molecule has 3 rings (SSSR count). The second-order valence-corrected chi connectivity index (χ2v) is 6.46. The van der Waals surface area contributed by atoms with E-state index in [2.05, 4.69) is 14.9 Å². The monoisotopic (exact) mass is 343 g/mol. The van der Waals surface area contributed by atoms with Gasteiger partial charge in [-0.25, -0.2) is 0 Å². The van der Waals surface area contributed by atoms with Crippen molar-refractivity contribution in [3.63, 3.8) is 0 Å². The van der Waals surface area contributed by atoms with Crippen LogP contribution >= 0.6 is 0 Å². The third-order valence-corrected chi connectivity index (χ3v) is 4.57. The maximum atomic E-state index is 10.4. The highest BCUT2D eigenvalue weighted by atomic mass is 16.5. The minimum atomic E-state index is -0.359. The number of hydrogen-bond donors (Lipinski definition) is 2. The molecule has 25 heavy (non-hydrogen) atoms. The summed E-state index contributed by atoms with van der Waals surface area (Å²) in [7, 11) is 0. The SMILES string of the molecule is CCOc1ccc(CN2C[C@@H](Cc3cnccn3)[C@H](O)C2)cc1CO. The Labute approximate surface area is 148 Å². The zero-order valence-corrected chi connectivity index (χ0v) is 14.5. The molecule has 1 aliphatic heterocycles. The van der Waals surface area contributed by atoms with Crippen LogP contribution in [0.15, 0.2) is 36.8 Å². The standard InChI is InChI=1S/C19H25N3O3/c1-2-25-19-4-3-14(7-16(19)13-23)10-22-11-15(18(24)12-22)8-17-9-20-5-6-21-17/h3-7,9,15,18,23-24H,2,8,10-13H2,1H3/t15-,18-/m1/s1. The number of aromatic nitrogens is 2. The molecule has 2 aromatic rings. The van der Waals surface area contributed by atoms with Crippen LogP contribution in [0.25, 0.3) is 0 Å². The highest BCUT2D eigenvalue weighted by molar-refractivity contribution is 5.37. The van der Waals surface area contributed by atoms with Crippen LogP contribution in [0.4, 0.5) is 0 Å². The van der Waals surface area contributed by atoms with Crippen molar-refractivity contribution in [3.8, 4) is 5.75 Å². The van der Waals surface area contributed by atoms with Gasteiger partial charge in [0.05, 0.1) is 25.0 Å². The molecule has 2 heterocycles. The van der Waals surface area contributed by atoms with Crippen molar-refractivity contribution in [1.29, 1.82) is 0 Å². The lowest BCUT2D eigenvalue weighted by molar-refractivity contribution is 0.140. The van der Waals surface area contributed by atoms with Crippen molar-refractivity contribution >= 4 is 0 Å². The van der Waals surface area contributed by atoms with E-state index in [1.807, 2.05) is 25.1 Å². The first-order valence-corrected chi connectivity index (χ1v) is 8.70. The number of likely N-dealkylation sites (tertiary alicyclic amines) is 1. The van der Waals surface area contributed by atoms with Gasteiger partial charge in [0.15, 0.2) is 0 Å². The van der Waals surface area contributed by atoms with Crippen molar-refractivity contribution in [1.82, 2.24) is 14.9 Å². The van der Waals surface area contributed by atoms with Gasteiger partial charge in [-0.05, 0) is 31.0 Å². The Morgan fingerprint density at radius 3 is 2.88 bits per heavy atom. The summed E-state index contributed by atoms with van der Waals surface area (Å²) in [6, 6.07) is 5.91. The fourth-order valence-electron chi connectivity index (χ4n) is 3.38. The van der Waals surface area contributed by atoms with Crippen LogP contribution < -0.4 is 4.74 Å². The van der Waals surface area contributed by atoms with E-state index in [1.54, 1.807) is 18.6 Å². The predicted octanol–water partition coefficient (Wildman–Crippen LogP) is 1.40. The fraction of sp³-hybridized carbons (Fsp3) is 0.474. The first-order chi connectivity index (χ1) is 12.2. The number of nitrogens with zero attached hydrogens (tertiary/aromatic N) is 3. The molecule has 1 fully saturated rings. The number of benzene rings is 1. The van der Waals surface area contributed by atoms with Gasteiger partial charge in [-0.2, -0.15) is 0 Å². The topological polar surface area (TPSA) is 78.7 Å². The van der Waals surface area contributed by atoms with Crippen molar-refractivity contribution in [2.24, 2.45) is 5.92 Å². The second-order valence-electron chi connectivity index (χ2n) is 6.46. The zero-order chi connectivity index (χ0) is 17.6. The normalized spacial score (nSPS) is 20.8. The van der Waals surface area contributed by atoms with E-state index in [4.69, 9.17) is 4.74 Å². The van der Waals surface area contributed by atoms with Gasteiger partial charge in [-0.15, -0.1) is 0 Å². The largest absolute Gasteiger partial charge is 0.494 e. The number of rotatable bonds is 7. The Morgan fingerprint density at radius 1 is 1.28 bits per heavy atom. The van der Waals surface area contributed by atoms with Crippen LogP contribution in [0.1, 0.15) is 23.7 Å². The van der Waals surface area contributed by atoms with Gasteiger partial charge >= 0.3 is 0 Å². The molecule has 2 atom stereocenters. The summed E-state index contributed by atoms with van der Waals surface area (Å²) < 4.78 is 5.53. The third-order valence-electron chi connectivity index (χ3n) is 4.57. The van der Waals surface area contributed by atoms with Crippen LogP contribution in [-0.2, 0) is 19.6 Å². The second kappa shape index (κ2) is 8.38. The Morgan fingerprint density at radius 2 is 2.16 bits per heavy atom. The Kier molecular flexibility index (Phi) is 5.96. The average molecular weight is 343 g/mol.